The van der Waals surface area contributed by atoms with Crippen molar-refractivity contribution in [1.82, 2.24) is 4.90 Å². The van der Waals surface area contributed by atoms with Gasteiger partial charge in [-0.3, -0.25) is 9.69 Å². The Morgan fingerprint density at radius 2 is 2.11 bits per heavy atom. The van der Waals surface area contributed by atoms with Crippen molar-refractivity contribution in [3.05, 3.63) is 34.9 Å². The first-order valence-electron chi connectivity index (χ1n) is 6.68. The maximum Gasteiger partial charge on any atom is 0.176 e. The van der Waals surface area contributed by atoms with Gasteiger partial charge in [-0.15, -0.1) is 0 Å². The minimum absolute atomic E-state index is 0.0339. The summed E-state index contributed by atoms with van der Waals surface area (Å²) < 4.78 is 0. The van der Waals surface area contributed by atoms with E-state index in [9.17, 15) is 9.90 Å². The second-order valence-electron chi connectivity index (χ2n) is 5.54. The van der Waals surface area contributed by atoms with Gasteiger partial charge in [0, 0.05) is 17.1 Å². The monoisotopic (exact) mass is 281 g/mol. The predicted molar refractivity (Wildman–Crippen MR) is 76.7 cm³/mol. The molecule has 1 saturated carbocycles. The van der Waals surface area contributed by atoms with Gasteiger partial charge in [-0.2, -0.15) is 0 Å². The molecule has 19 heavy (non-hydrogen) atoms. The molecule has 0 radical (unpaired) electrons. The molecule has 1 N–H and O–H groups in total. The van der Waals surface area contributed by atoms with Gasteiger partial charge in [0.15, 0.2) is 5.78 Å². The van der Waals surface area contributed by atoms with Gasteiger partial charge in [0.1, 0.15) is 0 Å². The summed E-state index contributed by atoms with van der Waals surface area (Å²) in [4.78, 5) is 14.0. The zero-order valence-electron chi connectivity index (χ0n) is 11.2. The van der Waals surface area contributed by atoms with E-state index in [4.69, 9.17) is 11.6 Å². The third kappa shape index (κ3) is 4.03. The molecule has 3 nitrogen and oxygen atoms in total. The molecule has 1 aromatic rings. The number of carbonyl (C=O) groups excluding carboxylic acids is 1. The number of benzene rings is 1. The van der Waals surface area contributed by atoms with E-state index in [0.717, 1.165) is 25.7 Å². The number of hydrogen-bond acceptors (Lipinski definition) is 3. The van der Waals surface area contributed by atoms with Crippen LogP contribution in [0.1, 0.15) is 36.0 Å². The standard InChI is InChI=1S/C15H20ClNO2/c1-17(11-15(19)7-2-3-8-15)10-14(18)12-5-4-6-13(16)9-12/h4-6,9,19H,2-3,7-8,10-11H2,1H3. The first-order chi connectivity index (χ1) is 8.98. The lowest BCUT2D eigenvalue weighted by Crippen LogP contribution is -2.41. The smallest absolute Gasteiger partial charge is 0.176 e. The van der Waals surface area contributed by atoms with Crippen molar-refractivity contribution in [2.24, 2.45) is 0 Å². The Morgan fingerprint density at radius 3 is 2.74 bits per heavy atom. The molecule has 1 fully saturated rings. The summed E-state index contributed by atoms with van der Waals surface area (Å²) >= 11 is 5.88. The average molecular weight is 282 g/mol. The number of aliphatic hydroxyl groups is 1. The van der Waals surface area contributed by atoms with E-state index in [1.54, 1.807) is 24.3 Å². The molecule has 0 unspecified atom stereocenters. The van der Waals surface area contributed by atoms with Crippen LogP contribution in [0.3, 0.4) is 0 Å². The topological polar surface area (TPSA) is 40.5 Å². The highest BCUT2D eigenvalue weighted by atomic mass is 35.5. The summed E-state index contributed by atoms with van der Waals surface area (Å²) in [6.07, 6.45) is 3.82. The molecule has 0 amide bonds. The lowest BCUT2D eigenvalue weighted by Gasteiger charge is -2.28. The third-order valence-electron chi connectivity index (χ3n) is 3.66. The summed E-state index contributed by atoms with van der Waals surface area (Å²) in [5, 5.41) is 10.9. The van der Waals surface area contributed by atoms with E-state index >= 15 is 0 Å². The van der Waals surface area contributed by atoms with Gasteiger partial charge in [-0.1, -0.05) is 36.6 Å². The normalized spacial score (nSPS) is 17.9. The molecule has 0 bridgehead atoms. The zero-order valence-corrected chi connectivity index (χ0v) is 12.0. The third-order valence-corrected chi connectivity index (χ3v) is 3.89. The van der Waals surface area contributed by atoms with Crippen LogP contribution in [0.15, 0.2) is 24.3 Å². The van der Waals surface area contributed by atoms with Crippen LogP contribution in [-0.2, 0) is 0 Å². The molecule has 0 aromatic heterocycles. The minimum atomic E-state index is -0.608. The molecule has 104 valence electrons. The summed E-state index contributed by atoms with van der Waals surface area (Å²) in [6.45, 7) is 0.863. The van der Waals surface area contributed by atoms with Crippen molar-refractivity contribution in [3.63, 3.8) is 0 Å². The van der Waals surface area contributed by atoms with Gasteiger partial charge in [-0.25, -0.2) is 0 Å². The van der Waals surface area contributed by atoms with E-state index in [1.807, 2.05) is 11.9 Å². The molecule has 2 rings (SSSR count). The number of likely N-dealkylation sites (N-methyl/N-ethyl adjacent to an activating group) is 1. The average Bonchev–Trinajstić information content (AvgIpc) is 2.75. The number of Topliss-reactive ketones (excluding diaryl/α,β-unsaturated/α-hetero) is 1. The van der Waals surface area contributed by atoms with Crippen molar-refractivity contribution in [1.29, 1.82) is 0 Å². The van der Waals surface area contributed by atoms with Crippen molar-refractivity contribution >= 4 is 17.4 Å². The summed E-state index contributed by atoms with van der Waals surface area (Å²) in [6, 6.07) is 6.98. The number of carbonyl (C=O) groups is 1. The lowest BCUT2D eigenvalue weighted by atomic mass is 10.0. The second kappa shape index (κ2) is 6.04. The van der Waals surface area contributed by atoms with Crippen LogP contribution in [0.4, 0.5) is 0 Å². The number of hydrogen-bond donors (Lipinski definition) is 1. The highest BCUT2D eigenvalue weighted by molar-refractivity contribution is 6.31. The van der Waals surface area contributed by atoms with Crippen LogP contribution in [0.2, 0.25) is 5.02 Å². The largest absolute Gasteiger partial charge is 0.389 e. The number of nitrogens with zero attached hydrogens (tertiary/aromatic N) is 1. The Kier molecular flexibility index (Phi) is 4.61. The van der Waals surface area contributed by atoms with Gasteiger partial charge >= 0.3 is 0 Å². The Labute approximate surface area is 119 Å². The van der Waals surface area contributed by atoms with E-state index in [1.165, 1.54) is 0 Å². The molecule has 0 heterocycles. The zero-order chi connectivity index (χ0) is 13.9. The van der Waals surface area contributed by atoms with Crippen molar-refractivity contribution in [3.8, 4) is 0 Å². The van der Waals surface area contributed by atoms with E-state index in [0.29, 0.717) is 23.7 Å². The highest BCUT2D eigenvalue weighted by Crippen LogP contribution is 2.29. The van der Waals surface area contributed by atoms with Gasteiger partial charge in [0.25, 0.3) is 0 Å². The van der Waals surface area contributed by atoms with Crippen LogP contribution in [0.5, 0.6) is 0 Å². The molecular formula is C15H20ClNO2. The van der Waals surface area contributed by atoms with E-state index in [2.05, 4.69) is 0 Å². The Hall–Kier alpha value is -0.900. The van der Waals surface area contributed by atoms with Crippen LogP contribution >= 0.6 is 11.6 Å². The Balaban J connectivity index is 1.91. The molecule has 0 saturated heterocycles. The van der Waals surface area contributed by atoms with Crippen LogP contribution < -0.4 is 0 Å². The number of halogens is 1. The Morgan fingerprint density at radius 1 is 1.42 bits per heavy atom. The molecular weight excluding hydrogens is 262 g/mol. The van der Waals surface area contributed by atoms with Crippen molar-refractivity contribution in [2.75, 3.05) is 20.1 Å². The van der Waals surface area contributed by atoms with Crippen molar-refractivity contribution < 1.29 is 9.90 Å². The number of ketones is 1. The lowest BCUT2D eigenvalue weighted by molar-refractivity contribution is 0.0172. The molecule has 1 aromatic carbocycles. The van der Waals surface area contributed by atoms with Crippen LogP contribution in [0, 0.1) is 0 Å². The SMILES string of the molecule is CN(CC(=O)c1cccc(Cl)c1)CC1(O)CCCC1. The fourth-order valence-corrected chi connectivity index (χ4v) is 2.94. The van der Waals surface area contributed by atoms with Gasteiger partial charge in [0.05, 0.1) is 12.1 Å². The summed E-state index contributed by atoms with van der Waals surface area (Å²) in [7, 11) is 1.87. The molecule has 0 atom stereocenters. The van der Waals surface area contributed by atoms with Crippen LogP contribution in [0.25, 0.3) is 0 Å². The predicted octanol–water partition coefficient (Wildman–Crippen LogP) is 2.76. The maximum absolute atomic E-state index is 12.1. The highest BCUT2D eigenvalue weighted by Gasteiger charge is 2.32. The molecule has 0 aliphatic heterocycles. The summed E-state index contributed by atoms with van der Waals surface area (Å²) in [5.41, 5.74) is 0.0152. The van der Waals surface area contributed by atoms with Gasteiger partial charge < -0.3 is 5.11 Å². The number of rotatable bonds is 5. The molecule has 0 spiro atoms. The maximum atomic E-state index is 12.1. The second-order valence-corrected chi connectivity index (χ2v) is 5.97. The first-order valence-corrected chi connectivity index (χ1v) is 7.06. The van der Waals surface area contributed by atoms with E-state index in [-0.39, 0.29) is 5.78 Å². The van der Waals surface area contributed by atoms with Gasteiger partial charge in [-0.05, 0) is 32.0 Å². The van der Waals surface area contributed by atoms with Crippen molar-refractivity contribution in [2.45, 2.75) is 31.3 Å². The molecule has 4 heteroatoms. The quantitative estimate of drug-likeness (QED) is 0.844. The fraction of sp³-hybridized carbons (Fsp3) is 0.533. The van der Waals surface area contributed by atoms with Crippen LogP contribution in [-0.4, -0.2) is 41.5 Å². The molecule has 1 aliphatic carbocycles. The van der Waals surface area contributed by atoms with Gasteiger partial charge in [0.2, 0.25) is 0 Å². The Bertz CT molecular complexity index is 455. The fourth-order valence-electron chi connectivity index (χ4n) is 2.75. The first kappa shape index (κ1) is 14.5. The summed E-state index contributed by atoms with van der Waals surface area (Å²) in [5.74, 6) is 0.0339. The minimum Gasteiger partial charge on any atom is -0.389 e. The van der Waals surface area contributed by atoms with E-state index < -0.39 is 5.60 Å². The molecule has 1 aliphatic rings.